The lowest BCUT2D eigenvalue weighted by atomic mass is 9.94. The number of benzene rings is 1. The number of terminal acetylenes is 1. The molecule has 16 heavy (non-hydrogen) atoms. The van der Waals surface area contributed by atoms with Crippen molar-refractivity contribution in [3.05, 3.63) is 35.1 Å². The summed E-state index contributed by atoms with van der Waals surface area (Å²) in [6.07, 6.45) is 1.85. The van der Waals surface area contributed by atoms with Gasteiger partial charge in [-0.1, -0.05) is 5.92 Å². The molecule has 1 aromatic carbocycles. The van der Waals surface area contributed by atoms with Gasteiger partial charge in [0, 0.05) is 5.56 Å². The highest BCUT2D eigenvalue weighted by molar-refractivity contribution is 5.43. The van der Waals surface area contributed by atoms with E-state index >= 15 is 0 Å². The SMILES string of the molecule is C#CC1(c2cc(C(F)(F)F)ccc2F)CC1. The van der Waals surface area contributed by atoms with E-state index in [2.05, 4.69) is 5.92 Å². The molecule has 0 saturated heterocycles. The van der Waals surface area contributed by atoms with Crippen LogP contribution in [0.1, 0.15) is 24.0 Å². The summed E-state index contributed by atoms with van der Waals surface area (Å²) in [5.41, 5.74) is -1.68. The Morgan fingerprint density at radius 3 is 2.31 bits per heavy atom. The maximum Gasteiger partial charge on any atom is 0.416 e. The van der Waals surface area contributed by atoms with Crippen molar-refractivity contribution >= 4 is 0 Å². The van der Waals surface area contributed by atoms with Crippen molar-refractivity contribution in [3.63, 3.8) is 0 Å². The van der Waals surface area contributed by atoms with Crippen LogP contribution >= 0.6 is 0 Å². The second-order valence-electron chi connectivity index (χ2n) is 3.92. The highest BCUT2D eigenvalue weighted by atomic mass is 19.4. The fraction of sp³-hybridized carbons (Fsp3) is 0.333. The normalized spacial score (nSPS) is 17.9. The summed E-state index contributed by atoms with van der Waals surface area (Å²) in [4.78, 5) is 0. The summed E-state index contributed by atoms with van der Waals surface area (Å²) >= 11 is 0. The van der Waals surface area contributed by atoms with Crippen LogP contribution < -0.4 is 0 Å². The van der Waals surface area contributed by atoms with Crippen molar-refractivity contribution in [2.24, 2.45) is 0 Å². The number of hydrogen-bond donors (Lipinski definition) is 0. The second kappa shape index (κ2) is 3.24. The van der Waals surface area contributed by atoms with Gasteiger partial charge in [0.1, 0.15) is 5.82 Å². The number of hydrogen-bond acceptors (Lipinski definition) is 0. The zero-order valence-corrected chi connectivity index (χ0v) is 8.24. The minimum atomic E-state index is -4.47. The molecule has 0 amide bonds. The van der Waals surface area contributed by atoms with Gasteiger partial charge in [0.25, 0.3) is 0 Å². The molecular formula is C12H8F4. The molecule has 1 aliphatic carbocycles. The van der Waals surface area contributed by atoms with Gasteiger partial charge in [-0.25, -0.2) is 4.39 Å². The Morgan fingerprint density at radius 2 is 1.88 bits per heavy atom. The first kappa shape index (κ1) is 11.0. The molecule has 4 heteroatoms. The van der Waals surface area contributed by atoms with Gasteiger partial charge in [0.2, 0.25) is 0 Å². The quantitative estimate of drug-likeness (QED) is 0.509. The van der Waals surface area contributed by atoms with Crippen LogP contribution in [-0.4, -0.2) is 0 Å². The van der Waals surface area contributed by atoms with E-state index in [0.29, 0.717) is 12.8 Å². The zero-order valence-electron chi connectivity index (χ0n) is 8.24. The number of alkyl halides is 3. The molecular weight excluding hydrogens is 220 g/mol. The van der Waals surface area contributed by atoms with Crippen molar-refractivity contribution in [3.8, 4) is 12.3 Å². The third-order valence-electron chi connectivity index (χ3n) is 2.84. The van der Waals surface area contributed by atoms with Crippen LogP contribution in [0.5, 0.6) is 0 Å². The molecule has 1 fully saturated rings. The van der Waals surface area contributed by atoms with Crippen molar-refractivity contribution in [1.29, 1.82) is 0 Å². The van der Waals surface area contributed by atoms with Crippen LogP contribution in [0.3, 0.4) is 0 Å². The lowest BCUT2D eigenvalue weighted by Gasteiger charge is -2.13. The average molecular weight is 228 g/mol. The molecule has 0 unspecified atom stereocenters. The maximum absolute atomic E-state index is 13.4. The highest BCUT2D eigenvalue weighted by Gasteiger charge is 2.45. The third-order valence-corrected chi connectivity index (χ3v) is 2.84. The van der Waals surface area contributed by atoms with Gasteiger partial charge in [-0.2, -0.15) is 13.2 Å². The van der Waals surface area contributed by atoms with E-state index < -0.39 is 23.0 Å². The maximum atomic E-state index is 13.4. The molecule has 0 spiro atoms. The van der Waals surface area contributed by atoms with Crippen molar-refractivity contribution in [1.82, 2.24) is 0 Å². The predicted octanol–water partition coefficient (Wildman–Crippen LogP) is 3.51. The molecule has 0 radical (unpaired) electrons. The zero-order chi connectivity index (χ0) is 12.0. The standard InChI is InChI=1S/C12H8F4/c1-2-11(5-6-11)9-7-8(12(14,15)16)3-4-10(9)13/h1,3-4,7H,5-6H2. The van der Waals surface area contributed by atoms with Crippen molar-refractivity contribution < 1.29 is 17.6 Å². The van der Waals surface area contributed by atoms with E-state index in [1.54, 1.807) is 0 Å². The van der Waals surface area contributed by atoms with E-state index in [1.165, 1.54) is 0 Å². The molecule has 1 aliphatic rings. The Balaban J connectivity index is 2.51. The average Bonchev–Trinajstić information content (AvgIpc) is 2.97. The molecule has 1 saturated carbocycles. The second-order valence-corrected chi connectivity index (χ2v) is 3.92. The smallest absolute Gasteiger partial charge is 0.207 e. The van der Waals surface area contributed by atoms with Gasteiger partial charge in [-0.05, 0) is 31.0 Å². The fourth-order valence-corrected chi connectivity index (χ4v) is 1.68. The molecule has 0 N–H and O–H groups in total. The molecule has 84 valence electrons. The van der Waals surface area contributed by atoms with Crippen LogP contribution in [-0.2, 0) is 11.6 Å². The Hall–Kier alpha value is -1.50. The third kappa shape index (κ3) is 1.67. The number of halogens is 4. The molecule has 0 aliphatic heterocycles. The van der Waals surface area contributed by atoms with Gasteiger partial charge in [-0.3, -0.25) is 0 Å². The molecule has 0 heterocycles. The minimum Gasteiger partial charge on any atom is -0.207 e. The first-order valence-corrected chi connectivity index (χ1v) is 4.74. The van der Waals surface area contributed by atoms with Gasteiger partial charge in [-0.15, -0.1) is 6.42 Å². The van der Waals surface area contributed by atoms with Crippen LogP contribution in [0.2, 0.25) is 0 Å². The Kier molecular flexibility index (Phi) is 2.23. The largest absolute Gasteiger partial charge is 0.416 e. The first-order chi connectivity index (χ1) is 7.39. The predicted molar refractivity (Wildman–Crippen MR) is 51.1 cm³/mol. The van der Waals surface area contributed by atoms with Gasteiger partial charge in [0.05, 0.1) is 11.0 Å². The molecule has 0 aromatic heterocycles. The van der Waals surface area contributed by atoms with E-state index in [4.69, 9.17) is 6.42 Å². The first-order valence-electron chi connectivity index (χ1n) is 4.74. The van der Waals surface area contributed by atoms with Crippen molar-refractivity contribution in [2.75, 3.05) is 0 Å². The molecule has 0 bridgehead atoms. The summed E-state index contributed by atoms with van der Waals surface area (Å²) in [5, 5.41) is 0. The van der Waals surface area contributed by atoms with Crippen LogP contribution in [0, 0.1) is 18.2 Å². The summed E-state index contributed by atoms with van der Waals surface area (Å²) < 4.78 is 50.7. The summed E-state index contributed by atoms with van der Waals surface area (Å²) in [7, 11) is 0. The summed E-state index contributed by atoms with van der Waals surface area (Å²) in [5.74, 6) is 1.72. The number of rotatable bonds is 1. The lowest BCUT2D eigenvalue weighted by molar-refractivity contribution is -0.137. The van der Waals surface area contributed by atoms with E-state index in [9.17, 15) is 17.6 Å². The summed E-state index contributed by atoms with van der Waals surface area (Å²) in [6, 6.07) is 2.38. The Morgan fingerprint density at radius 1 is 1.25 bits per heavy atom. The lowest BCUT2D eigenvalue weighted by Crippen LogP contribution is -2.11. The molecule has 0 nitrogen and oxygen atoms in total. The van der Waals surface area contributed by atoms with Crippen molar-refractivity contribution in [2.45, 2.75) is 24.4 Å². The summed E-state index contributed by atoms with van der Waals surface area (Å²) in [6.45, 7) is 0. The molecule has 1 aromatic rings. The Bertz CT molecular complexity index is 461. The molecule has 2 rings (SSSR count). The van der Waals surface area contributed by atoms with Crippen LogP contribution in [0.4, 0.5) is 17.6 Å². The van der Waals surface area contributed by atoms with E-state index in [1.807, 2.05) is 0 Å². The van der Waals surface area contributed by atoms with E-state index in [-0.39, 0.29) is 5.56 Å². The van der Waals surface area contributed by atoms with Gasteiger partial charge < -0.3 is 0 Å². The highest BCUT2D eigenvalue weighted by Crippen LogP contribution is 2.49. The van der Waals surface area contributed by atoms with Crippen LogP contribution in [0.25, 0.3) is 0 Å². The minimum absolute atomic E-state index is 0.00942. The van der Waals surface area contributed by atoms with Gasteiger partial charge in [0.15, 0.2) is 0 Å². The van der Waals surface area contributed by atoms with Crippen LogP contribution in [0.15, 0.2) is 18.2 Å². The Labute approximate surface area is 90.3 Å². The van der Waals surface area contributed by atoms with E-state index in [0.717, 1.165) is 18.2 Å². The monoisotopic (exact) mass is 228 g/mol. The topological polar surface area (TPSA) is 0 Å². The molecule has 0 atom stereocenters. The van der Waals surface area contributed by atoms with Gasteiger partial charge >= 0.3 is 6.18 Å². The fourth-order valence-electron chi connectivity index (χ4n) is 1.68.